The highest BCUT2D eigenvalue weighted by Crippen LogP contribution is 2.08. The molecule has 0 bridgehead atoms. The Morgan fingerprint density at radius 1 is 1.80 bits per heavy atom. The highest BCUT2D eigenvalue weighted by molar-refractivity contribution is 5.92. The number of carbonyl (C=O) groups is 1. The highest BCUT2D eigenvalue weighted by Gasteiger charge is 2.18. The predicted octanol–water partition coefficient (Wildman–Crippen LogP) is 0.693. The molecule has 0 aliphatic carbocycles. The van der Waals surface area contributed by atoms with E-state index >= 15 is 0 Å². The summed E-state index contributed by atoms with van der Waals surface area (Å²) in [6.45, 7) is 1.93. The quantitative estimate of drug-likeness (QED) is 0.787. The summed E-state index contributed by atoms with van der Waals surface area (Å²) < 4.78 is 1.44. The van der Waals surface area contributed by atoms with E-state index in [9.17, 15) is 4.79 Å². The molecular weight excluding hydrogens is 194 g/mol. The molecule has 0 aromatic carbocycles. The molecule has 0 aliphatic rings. The summed E-state index contributed by atoms with van der Waals surface area (Å²) in [6, 6.07) is 1.97. The van der Waals surface area contributed by atoms with Crippen LogP contribution in [-0.4, -0.2) is 20.7 Å². The van der Waals surface area contributed by atoms with E-state index < -0.39 is 5.92 Å². The molecule has 0 saturated heterocycles. The minimum absolute atomic E-state index is 0.324. The Bertz CT molecular complexity index is 378. The lowest BCUT2D eigenvalue weighted by Crippen LogP contribution is -2.23. The SMILES string of the molecule is CCCC(C#N)C(=O)Nc1ncnn1C. The van der Waals surface area contributed by atoms with Gasteiger partial charge in [0.15, 0.2) is 0 Å². The Hall–Kier alpha value is -1.90. The van der Waals surface area contributed by atoms with Gasteiger partial charge in [0, 0.05) is 7.05 Å². The second-order valence-electron chi connectivity index (χ2n) is 3.17. The number of nitriles is 1. The molecule has 1 heterocycles. The van der Waals surface area contributed by atoms with Gasteiger partial charge in [0.25, 0.3) is 0 Å². The average molecular weight is 207 g/mol. The van der Waals surface area contributed by atoms with Crippen molar-refractivity contribution in [3.63, 3.8) is 0 Å². The monoisotopic (exact) mass is 207 g/mol. The molecule has 1 aromatic rings. The van der Waals surface area contributed by atoms with Crippen molar-refractivity contribution in [2.45, 2.75) is 19.8 Å². The van der Waals surface area contributed by atoms with Crippen LogP contribution in [0, 0.1) is 17.2 Å². The number of aryl methyl sites for hydroxylation is 1. The Morgan fingerprint density at radius 2 is 2.53 bits per heavy atom. The maximum Gasteiger partial charge on any atom is 0.244 e. The molecule has 1 aromatic heterocycles. The molecule has 1 atom stereocenters. The van der Waals surface area contributed by atoms with Gasteiger partial charge in [-0.05, 0) is 6.42 Å². The average Bonchev–Trinajstić information content (AvgIpc) is 2.60. The van der Waals surface area contributed by atoms with Crippen molar-refractivity contribution in [1.82, 2.24) is 14.8 Å². The molecule has 1 amide bonds. The van der Waals surface area contributed by atoms with Crippen LogP contribution < -0.4 is 5.32 Å². The number of hydrogen-bond donors (Lipinski definition) is 1. The highest BCUT2D eigenvalue weighted by atomic mass is 16.2. The molecule has 0 aliphatic heterocycles. The van der Waals surface area contributed by atoms with Crippen LogP contribution >= 0.6 is 0 Å². The van der Waals surface area contributed by atoms with E-state index in [4.69, 9.17) is 5.26 Å². The lowest BCUT2D eigenvalue weighted by Gasteiger charge is -2.07. The second kappa shape index (κ2) is 5.10. The fraction of sp³-hybridized carbons (Fsp3) is 0.556. The first-order valence-corrected chi connectivity index (χ1v) is 4.73. The van der Waals surface area contributed by atoms with Crippen LogP contribution in [0.3, 0.4) is 0 Å². The summed E-state index contributed by atoms with van der Waals surface area (Å²) in [5.41, 5.74) is 0. The minimum atomic E-state index is -0.619. The van der Waals surface area contributed by atoms with Crippen LogP contribution in [0.25, 0.3) is 0 Å². The van der Waals surface area contributed by atoms with E-state index in [1.54, 1.807) is 7.05 Å². The summed E-state index contributed by atoms with van der Waals surface area (Å²) in [7, 11) is 1.67. The zero-order valence-corrected chi connectivity index (χ0v) is 8.77. The number of rotatable bonds is 4. The Labute approximate surface area is 87.9 Å². The van der Waals surface area contributed by atoms with Crippen molar-refractivity contribution < 1.29 is 4.79 Å². The van der Waals surface area contributed by atoms with Crippen LogP contribution in [0.5, 0.6) is 0 Å². The Kier molecular flexibility index (Phi) is 3.80. The molecule has 1 rings (SSSR count). The fourth-order valence-electron chi connectivity index (χ4n) is 1.15. The molecule has 80 valence electrons. The number of carbonyl (C=O) groups excluding carboxylic acids is 1. The van der Waals surface area contributed by atoms with Crippen LogP contribution in [0.15, 0.2) is 6.33 Å². The van der Waals surface area contributed by atoms with Crippen molar-refractivity contribution in [1.29, 1.82) is 5.26 Å². The van der Waals surface area contributed by atoms with Crippen molar-refractivity contribution in [3.8, 4) is 6.07 Å². The lowest BCUT2D eigenvalue weighted by atomic mass is 10.1. The normalized spacial score (nSPS) is 11.8. The van der Waals surface area contributed by atoms with E-state index in [1.807, 2.05) is 13.0 Å². The van der Waals surface area contributed by atoms with Crippen LogP contribution in [0.1, 0.15) is 19.8 Å². The Balaban J connectivity index is 2.63. The van der Waals surface area contributed by atoms with Crippen molar-refractivity contribution >= 4 is 11.9 Å². The first kappa shape index (κ1) is 11.2. The third-order valence-corrected chi connectivity index (χ3v) is 2.00. The summed E-state index contributed by atoms with van der Waals surface area (Å²) in [5.74, 6) is -0.585. The van der Waals surface area contributed by atoms with Gasteiger partial charge < -0.3 is 0 Å². The van der Waals surface area contributed by atoms with Gasteiger partial charge in [-0.15, -0.1) is 0 Å². The number of nitrogens with zero attached hydrogens (tertiary/aromatic N) is 4. The fourth-order valence-corrected chi connectivity index (χ4v) is 1.15. The summed E-state index contributed by atoms with van der Waals surface area (Å²) in [5, 5.41) is 15.1. The zero-order chi connectivity index (χ0) is 11.3. The maximum atomic E-state index is 11.6. The number of aromatic nitrogens is 3. The van der Waals surface area contributed by atoms with E-state index in [-0.39, 0.29) is 5.91 Å². The smallest absolute Gasteiger partial charge is 0.244 e. The molecule has 0 spiro atoms. The molecule has 1 unspecified atom stereocenters. The van der Waals surface area contributed by atoms with Gasteiger partial charge in [-0.3, -0.25) is 10.1 Å². The summed E-state index contributed by atoms with van der Waals surface area (Å²) in [6.07, 6.45) is 2.70. The van der Waals surface area contributed by atoms with Gasteiger partial charge in [0.05, 0.1) is 6.07 Å². The van der Waals surface area contributed by atoms with E-state index in [2.05, 4.69) is 15.4 Å². The molecule has 0 radical (unpaired) electrons. The van der Waals surface area contributed by atoms with Gasteiger partial charge in [0.2, 0.25) is 11.9 Å². The van der Waals surface area contributed by atoms with Crippen molar-refractivity contribution in [2.24, 2.45) is 13.0 Å². The zero-order valence-electron chi connectivity index (χ0n) is 8.77. The van der Waals surface area contributed by atoms with Crippen LogP contribution in [0.2, 0.25) is 0 Å². The largest absolute Gasteiger partial charge is 0.294 e. The van der Waals surface area contributed by atoms with Gasteiger partial charge >= 0.3 is 0 Å². The van der Waals surface area contributed by atoms with E-state index in [1.165, 1.54) is 11.0 Å². The second-order valence-corrected chi connectivity index (χ2v) is 3.17. The van der Waals surface area contributed by atoms with Gasteiger partial charge in [-0.25, -0.2) is 4.68 Å². The topological polar surface area (TPSA) is 83.6 Å². The molecule has 6 heteroatoms. The number of anilines is 1. The van der Waals surface area contributed by atoms with Crippen LogP contribution in [0.4, 0.5) is 5.95 Å². The van der Waals surface area contributed by atoms with E-state index in [0.29, 0.717) is 12.4 Å². The molecule has 0 saturated carbocycles. The Morgan fingerprint density at radius 3 is 3.00 bits per heavy atom. The number of hydrogen-bond acceptors (Lipinski definition) is 4. The molecule has 1 N–H and O–H groups in total. The first-order chi connectivity index (χ1) is 7.19. The van der Waals surface area contributed by atoms with Crippen LogP contribution in [-0.2, 0) is 11.8 Å². The van der Waals surface area contributed by atoms with E-state index in [0.717, 1.165) is 6.42 Å². The number of amides is 1. The summed E-state index contributed by atoms with van der Waals surface area (Å²) in [4.78, 5) is 15.4. The molecule has 15 heavy (non-hydrogen) atoms. The van der Waals surface area contributed by atoms with Crippen molar-refractivity contribution in [3.05, 3.63) is 6.33 Å². The molecule has 0 fully saturated rings. The van der Waals surface area contributed by atoms with Gasteiger partial charge in [-0.2, -0.15) is 15.3 Å². The predicted molar refractivity (Wildman–Crippen MR) is 53.6 cm³/mol. The van der Waals surface area contributed by atoms with Gasteiger partial charge in [-0.1, -0.05) is 13.3 Å². The van der Waals surface area contributed by atoms with Crippen molar-refractivity contribution in [2.75, 3.05) is 5.32 Å². The third kappa shape index (κ3) is 2.77. The third-order valence-electron chi connectivity index (χ3n) is 2.00. The lowest BCUT2D eigenvalue weighted by molar-refractivity contribution is -0.118. The number of nitrogens with one attached hydrogen (secondary N) is 1. The van der Waals surface area contributed by atoms with Gasteiger partial charge in [0.1, 0.15) is 12.2 Å². The molecule has 6 nitrogen and oxygen atoms in total. The first-order valence-electron chi connectivity index (χ1n) is 4.73. The molecular formula is C9H13N5O. The standard InChI is InChI=1S/C9H13N5O/c1-3-4-7(5-10)8(15)13-9-11-6-12-14(9)2/h6-7H,3-4H2,1-2H3,(H,11,12,13,15). The maximum absolute atomic E-state index is 11.6. The minimum Gasteiger partial charge on any atom is -0.294 e. The summed E-state index contributed by atoms with van der Waals surface area (Å²) >= 11 is 0.